The van der Waals surface area contributed by atoms with Crippen LogP contribution in [0.25, 0.3) is 17.2 Å². The van der Waals surface area contributed by atoms with Crippen LogP contribution in [0.5, 0.6) is 0 Å². The Kier molecular flexibility index (Phi) is 6.42. The summed E-state index contributed by atoms with van der Waals surface area (Å²) in [6, 6.07) is 12.1. The van der Waals surface area contributed by atoms with Gasteiger partial charge in [-0.25, -0.2) is 0 Å². The van der Waals surface area contributed by atoms with Crippen LogP contribution in [0.2, 0.25) is 0 Å². The van der Waals surface area contributed by atoms with Gasteiger partial charge >= 0.3 is 0 Å². The van der Waals surface area contributed by atoms with Crippen LogP contribution in [-0.2, 0) is 11.8 Å². The van der Waals surface area contributed by atoms with E-state index in [0.29, 0.717) is 11.8 Å². The van der Waals surface area contributed by atoms with Gasteiger partial charge in [0.2, 0.25) is 0 Å². The zero-order chi connectivity index (χ0) is 21.3. The topological polar surface area (TPSA) is 0 Å². The number of hydrogen-bond donors (Lipinski definition) is 0. The zero-order valence-electron chi connectivity index (χ0n) is 19.9. The lowest BCUT2D eigenvalue weighted by Crippen LogP contribution is -2.14. The Morgan fingerprint density at radius 2 is 1.52 bits per heavy atom. The molecular formula is C29H40. The van der Waals surface area contributed by atoms with Crippen molar-refractivity contribution >= 4 is 6.08 Å². The number of hydrogen-bond acceptors (Lipinski definition) is 0. The van der Waals surface area contributed by atoms with Crippen molar-refractivity contribution in [1.29, 1.82) is 0 Å². The minimum absolute atomic E-state index is 0.121. The highest BCUT2D eigenvalue weighted by atomic mass is 14.3. The minimum atomic E-state index is 0.121. The van der Waals surface area contributed by atoms with E-state index in [1.54, 1.807) is 5.57 Å². The van der Waals surface area contributed by atoms with E-state index in [4.69, 9.17) is 0 Å². The Morgan fingerprint density at radius 3 is 2.03 bits per heavy atom. The molecule has 0 unspecified atom stereocenters. The summed E-state index contributed by atoms with van der Waals surface area (Å²) in [7, 11) is 0. The van der Waals surface area contributed by atoms with Crippen molar-refractivity contribution in [2.45, 2.75) is 98.3 Å². The zero-order valence-corrected chi connectivity index (χ0v) is 19.9. The highest BCUT2D eigenvalue weighted by Gasteiger charge is 2.26. The van der Waals surface area contributed by atoms with Gasteiger partial charge in [0.1, 0.15) is 0 Å². The molecule has 0 heterocycles. The van der Waals surface area contributed by atoms with Crippen molar-refractivity contribution in [1.82, 2.24) is 0 Å². The number of unbranched alkanes of at least 4 members (excludes halogenated alkanes) is 1. The van der Waals surface area contributed by atoms with Crippen LogP contribution in [0.1, 0.15) is 114 Å². The van der Waals surface area contributed by atoms with Gasteiger partial charge in [-0.1, -0.05) is 104 Å². The number of rotatable bonds is 6. The molecule has 2 aromatic carbocycles. The average Bonchev–Trinajstić information content (AvgIpc) is 3.07. The minimum Gasteiger partial charge on any atom is -0.0654 e. The van der Waals surface area contributed by atoms with Crippen molar-refractivity contribution in [2.24, 2.45) is 0 Å². The Bertz CT molecular complexity index is 874. The number of benzene rings is 2. The van der Waals surface area contributed by atoms with E-state index in [-0.39, 0.29) is 5.41 Å². The molecule has 0 bridgehead atoms. The molecule has 3 rings (SSSR count). The van der Waals surface area contributed by atoms with Crippen molar-refractivity contribution in [3.63, 3.8) is 0 Å². The molecule has 0 heteroatoms. The van der Waals surface area contributed by atoms with E-state index >= 15 is 0 Å². The molecule has 0 saturated heterocycles. The fraction of sp³-hybridized carbons (Fsp3) is 0.517. The van der Waals surface area contributed by atoms with Gasteiger partial charge in [-0.2, -0.15) is 0 Å². The van der Waals surface area contributed by atoms with Crippen LogP contribution in [0.15, 0.2) is 35.9 Å². The largest absolute Gasteiger partial charge is 0.0654 e. The maximum Gasteiger partial charge on any atom is -0.00576 e. The molecule has 0 atom stereocenters. The standard InChI is InChI=1S/C29H40/c1-9-10-11-21-14-22-12-13-27(29(6,7)8)28(26(22)15-21)25-17-23(19(2)3)16-24(18-25)20(4)5/h12-13,15-20H,9-11,14H2,1-8H3. The summed E-state index contributed by atoms with van der Waals surface area (Å²) in [4.78, 5) is 0. The molecule has 156 valence electrons. The van der Waals surface area contributed by atoms with E-state index in [2.05, 4.69) is 91.8 Å². The van der Waals surface area contributed by atoms with Gasteiger partial charge in [-0.15, -0.1) is 0 Å². The van der Waals surface area contributed by atoms with Gasteiger partial charge in [-0.05, 0) is 75.5 Å². The van der Waals surface area contributed by atoms with Crippen molar-refractivity contribution in [2.75, 3.05) is 0 Å². The smallest absolute Gasteiger partial charge is 0.00576 e. The van der Waals surface area contributed by atoms with Gasteiger partial charge < -0.3 is 0 Å². The first-order valence-corrected chi connectivity index (χ1v) is 11.6. The van der Waals surface area contributed by atoms with E-state index in [1.165, 1.54) is 58.2 Å². The van der Waals surface area contributed by atoms with Gasteiger partial charge in [0.05, 0.1) is 0 Å². The van der Waals surface area contributed by atoms with E-state index in [0.717, 1.165) is 6.42 Å². The third-order valence-corrected chi connectivity index (χ3v) is 6.36. The third kappa shape index (κ3) is 4.68. The molecule has 0 amide bonds. The first kappa shape index (κ1) is 21.9. The maximum absolute atomic E-state index is 2.52. The van der Waals surface area contributed by atoms with Crippen molar-refractivity contribution in [3.8, 4) is 11.1 Å². The molecule has 0 spiro atoms. The van der Waals surface area contributed by atoms with Gasteiger partial charge in [0, 0.05) is 0 Å². The predicted molar refractivity (Wildman–Crippen MR) is 130 cm³/mol. The van der Waals surface area contributed by atoms with Crippen LogP contribution in [-0.4, -0.2) is 0 Å². The van der Waals surface area contributed by atoms with E-state index in [9.17, 15) is 0 Å². The van der Waals surface area contributed by atoms with Crippen molar-refractivity contribution < 1.29 is 0 Å². The van der Waals surface area contributed by atoms with Gasteiger partial charge in [0.15, 0.2) is 0 Å². The molecule has 0 saturated carbocycles. The summed E-state index contributed by atoms with van der Waals surface area (Å²) < 4.78 is 0. The fourth-order valence-electron chi connectivity index (χ4n) is 4.47. The summed E-state index contributed by atoms with van der Waals surface area (Å²) in [5, 5.41) is 0. The quantitative estimate of drug-likeness (QED) is 0.463. The number of allylic oxidation sites excluding steroid dienone is 1. The van der Waals surface area contributed by atoms with Crippen LogP contribution in [0.3, 0.4) is 0 Å². The summed E-state index contributed by atoms with van der Waals surface area (Å²) in [5.41, 5.74) is 12.0. The summed E-state index contributed by atoms with van der Waals surface area (Å²) >= 11 is 0. The second-order valence-electron chi connectivity index (χ2n) is 10.6. The Balaban J connectivity index is 2.26. The average molecular weight is 389 g/mol. The van der Waals surface area contributed by atoms with Crippen LogP contribution >= 0.6 is 0 Å². The molecule has 0 aromatic heterocycles. The van der Waals surface area contributed by atoms with E-state index in [1.807, 2.05) is 0 Å². The molecular weight excluding hydrogens is 348 g/mol. The lowest BCUT2D eigenvalue weighted by Gasteiger charge is -2.26. The second-order valence-corrected chi connectivity index (χ2v) is 10.6. The Hall–Kier alpha value is -1.82. The highest BCUT2D eigenvalue weighted by Crippen LogP contribution is 2.43. The SMILES string of the molecule is CCCCC1=Cc2c(ccc(C(C)(C)C)c2-c2cc(C(C)C)cc(C(C)C)c2)C1. The third-order valence-electron chi connectivity index (χ3n) is 6.36. The Morgan fingerprint density at radius 1 is 0.897 bits per heavy atom. The van der Waals surface area contributed by atoms with Crippen LogP contribution in [0.4, 0.5) is 0 Å². The van der Waals surface area contributed by atoms with E-state index < -0.39 is 0 Å². The fourth-order valence-corrected chi connectivity index (χ4v) is 4.47. The number of fused-ring (bicyclic) bond motifs is 1. The maximum atomic E-state index is 2.52. The second kappa shape index (κ2) is 8.50. The molecule has 0 aliphatic heterocycles. The predicted octanol–water partition coefficient (Wildman–Crippen LogP) is 9.03. The van der Waals surface area contributed by atoms with Crippen LogP contribution in [0, 0.1) is 0 Å². The molecule has 0 N–H and O–H groups in total. The lowest BCUT2D eigenvalue weighted by atomic mass is 9.78. The molecule has 0 fully saturated rings. The normalized spacial score (nSPS) is 13.9. The molecule has 2 aromatic rings. The summed E-state index contributed by atoms with van der Waals surface area (Å²) in [5.74, 6) is 1.08. The first-order valence-electron chi connectivity index (χ1n) is 11.6. The molecule has 1 aliphatic rings. The van der Waals surface area contributed by atoms with Gasteiger partial charge in [-0.3, -0.25) is 0 Å². The molecule has 1 aliphatic carbocycles. The molecule has 0 radical (unpaired) electrons. The Labute approximate surface area is 179 Å². The lowest BCUT2D eigenvalue weighted by molar-refractivity contribution is 0.591. The summed E-state index contributed by atoms with van der Waals surface area (Å²) in [6.07, 6.45) is 7.45. The highest BCUT2D eigenvalue weighted by molar-refractivity contribution is 5.84. The first-order chi connectivity index (χ1) is 13.6. The molecule has 0 nitrogen and oxygen atoms in total. The monoisotopic (exact) mass is 388 g/mol. The van der Waals surface area contributed by atoms with Crippen molar-refractivity contribution in [3.05, 3.63) is 63.7 Å². The van der Waals surface area contributed by atoms with Gasteiger partial charge in [0.25, 0.3) is 0 Å². The molecule has 29 heavy (non-hydrogen) atoms. The van der Waals surface area contributed by atoms with Crippen LogP contribution < -0.4 is 0 Å². The summed E-state index contributed by atoms with van der Waals surface area (Å²) in [6.45, 7) is 18.6.